The quantitative estimate of drug-likeness (QED) is 0.703. The standard InChI is InChI=1S/C8H9N5/c9-6-7-5-8(1-2-10-7)13-4-3-11-12-13/h1-5H,6,9H2. The molecule has 2 N–H and O–H groups in total. The number of hydrogen-bond acceptors (Lipinski definition) is 4. The molecule has 0 unspecified atom stereocenters. The summed E-state index contributed by atoms with van der Waals surface area (Å²) in [6.45, 7) is 0.433. The average Bonchev–Trinajstić information content (AvgIpc) is 2.71. The molecule has 0 saturated carbocycles. The van der Waals surface area contributed by atoms with Crippen LogP contribution in [0.5, 0.6) is 0 Å². The van der Waals surface area contributed by atoms with E-state index >= 15 is 0 Å². The third kappa shape index (κ3) is 1.54. The molecule has 0 aliphatic carbocycles. The van der Waals surface area contributed by atoms with Crippen LogP contribution >= 0.6 is 0 Å². The van der Waals surface area contributed by atoms with Crippen LogP contribution in [0.15, 0.2) is 30.7 Å². The fourth-order valence-corrected chi connectivity index (χ4v) is 1.07. The van der Waals surface area contributed by atoms with Crippen molar-refractivity contribution < 1.29 is 0 Å². The Hall–Kier alpha value is -1.75. The van der Waals surface area contributed by atoms with Gasteiger partial charge in [0.2, 0.25) is 0 Å². The molecular formula is C8H9N5. The largest absolute Gasteiger partial charge is 0.325 e. The van der Waals surface area contributed by atoms with Crippen LogP contribution in [0.3, 0.4) is 0 Å². The number of nitrogens with two attached hydrogens (primary N) is 1. The minimum absolute atomic E-state index is 0.433. The van der Waals surface area contributed by atoms with Crippen molar-refractivity contribution >= 4 is 0 Å². The molecule has 0 aliphatic heterocycles. The fourth-order valence-electron chi connectivity index (χ4n) is 1.07. The Labute approximate surface area is 75.2 Å². The molecule has 2 aromatic heterocycles. The first-order valence-electron chi connectivity index (χ1n) is 3.92. The molecule has 66 valence electrons. The summed E-state index contributed by atoms with van der Waals surface area (Å²) in [5.74, 6) is 0. The zero-order chi connectivity index (χ0) is 9.10. The van der Waals surface area contributed by atoms with Crippen molar-refractivity contribution in [2.24, 2.45) is 5.73 Å². The molecule has 5 heteroatoms. The number of hydrogen-bond donors (Lipinski definition) is 1. The number of nitrogens with zero attached hydrogens (tertiary/aromatic N) is 4. The summed E-state index contributed by atoms with van der Waals surface area (Å²) < 4.78 is 1.67. The molecule has 0 amide bonds. The van der Waals surface area contributed by atoms with Crippen LogP contribution < -0.4 is 5.73 Å². The first kappa shape index (κ1) is 7.88. The summed E-state index contributed by atoms with van der Waals surface area (Å²) in [6, 6.07) is 3.74. The maximum atomic E-state index is 5.46. The van der Waals surface area contributed by atoms with Crippen molar-refractivity contribution in [3.05, 3.63) is 36.4 Å². The fraction of sp³-hybridized carbons (Fsp3) is 0.125. The van der Waals surface area contributed by atoms with E-state index in [1.807, 2.05) is 12.1 Å². The number of aromatic nitrogens is 4. The molecule has 0 radical (unpaired) electrons. The minimum atomic E-state index is 0.433. The van der Waals surface area contributed by atoms with Gasteiger partial charge in [-0.15, -0.1) is 5.10 Å². The molecule has 13 heavy (non-hydrogen) atoms. The van der Waals surface area contributed by atoms with E-state index in [0.717, 1.165) is 11.4 Å². The molecule has 2 rings (SSSR count). The van der Waals surface area contributed by atoms with E-state index in [2.05, 4.69) is 15.3 Å². The molecular weight excluding hydrogens is 166 g/mol. The third-order valence-electron chi connectivity index (χ3n) is 1.70. The van der Waals surface area contributed by atoms with Crippen LogP contribution in [0.4, 0.5) is 0 Å². The summed E-state index contributed by atoms with van der Waals surface area (Å²) in [5, 5.41) is 7.58. The lowest BCUT2D eigenvalue weighted by Gasteiger charge is -2.00. The second kappa shape index (κ2) is 3.32. The maximum absolute atomic E-state index is 5.46. The molecule has 2 aromatic rings. The SMILES string of the molecule is NCc1cc(-n2ccnn2)ccn1. The van der Waals surface area contributed by atoms with Crippen LogP contribution in [-0.2, 0) is 6.54 Å². The average molecular weight is 175 g/mol. The lowest BCUT2D eigenvalue weighted by molar-refractivity contribution is 0.798. The van der Waals surface area contributed by atoms with Crippen molar-refractivity contribution in [3.8, 4) is 5.69 Å². The van der Waals surface area contributed by atoms with E-state index in [9.17, 15) is 0 Å². The zero-order valence-corrected chi connectivity index (χ0v) is 6.96. The van der Waals surface area contributed by atoms with Gasteiger partial charge in [-0.05, 0) is 12.1 Å². The summed E-state index contributed by atoms with van der Waals surface area (Å²) in [6.07, 6.45) is 5.11. The van der Waals surface area contributed by atoms with E-state index < -0.39 is 0 Å². The molecule has 0 spiro atoms. The Balaban J connectivity index is 2.41. The Kier molecular flexibility index (Phi) is 2.01. The highest BCUT2D eigenvalue weighted by Crippen LogP contribution is 2.05. The van der Waals surface area contributed by atoms with Crippen LogP contribution in [-0.4, -0.2) is 20.0 Å². The molecule has 2 heterocycles. The topological polar surface area (TPSA) is 69.6 Å². The van der Waals surface area contributed by atoms with Crippen molar-refractivity contribution in [2.45, 2.75) is 6.54 Å². The Morgan fingerprint density at radius 2 is 2.31 bits per heavy atom. The molecule has 0 aliphatic rings. The van der Waals surface area contributed by atoms with Gasteiger partial charge in [-0.3, -0.25) is 4.98 Å². The monoisotopic (exact) mass is 175 g/mol. The van der Waals surface area contributed by atoms with Crippen LogP contribution in [0, 0.1) is 0 Å². The molecule has 5 nitrogen and oxygen atoms in total. The molecule has 0 fully saturated rings. The highest BCUT2D eigenvalue weighted by atomic mass is 15.4. The summed E-state index contributed by atoms with van der Waals surface area (Å²) in [4.78, 5) is 4.08. The number of rotatable bonds is 2. The van der Waals surface area contributed by atoms with Gasteiger partial charge in [-0.1, -0.05) is 5.21 Å². The van der Waals surface area contributed by atoms with Crippen molar-refractivity contribution in [1.82, 2.24) is 20.0 Å². The number of pyridine rings is 1. The van der Waals surface area contributed by atoms with E-state index in [0.29, 0.717) is 6.54 Å². The lowest BCUT2D eigenvalue weighted by Crippen LogP contribution is -2.02. The second-order valence-electron chi connectivity index (χ2n) is 2.56. The smallest absolute Gasteiger partial charge is 0.0697 e. The lowest BCUT2D eigenvalue weighted by atomic mass is 10.3. The Morgan fingerprint density at radius 1 is 1.38 bits per heavy atom. The normalized spacial score (nSPS) is 10.2. The van der Waals surface area contributed by atoms with Crippen LogP contribution in [0.25, 0.3) is 5.69 Å². The van der Waals surface area contributed by atoms with Crippen LogP contribution in [0.2, 0.25) is 0 Å². The summed E-state index contributed by atoms with van der Waals surface area (Å²) >= 11 is 0. The second-order valence-corrected chi connectivity index (χ2v) is 2.56. The van der Waals surface area contributed by atoms with Crippen molar-refractivity contribution in [2.75, 3.05) is 0 Å². The minimum Gasteiger partial charge on any atom is -0.325 e. The van der Waals surface area contributed by atoms with Gasteiger partial charge in [0.25, 0.3) is 0 Å². The molecule has 0 aromatic carbocycles. The van der Waals surface area contributed by atoms with E-state index in [-0.39, 0.29) is 0 Å². The Bertz CT molecular complexity index is 381. The molecule has 0 saturated heterocycles. The van der Waals surface area contributed by atoms with Gasteiger partial charge in [-0.2, -0.15) is 0 Å². The highest BCUT2D eigenvalue weighted by Gasteiger charge is 1.97. The van der Waals surface area contributed by atoms with E-state index in [1.165, 1.54) is 0 Å². The van der Waals surface area contributed by atoms with Crippen molar-refractivity contribution in [1.29, 1.82) is 0 Å². The molecule has 0 bridgehead atoms. The molecule has 0 atom stereocenters. The van der Waals surface area contributed by atoms with E-state index in [1.54, 1.807) is 23.3 Å². The van der Waals surface area contributed by atoms with Crippen molar-refractivity contribution in [3.63, 3.8) is 0 Å². The zero-order valence-electron chi connectivity index (χ0n) is 6.96. The van der Waals surface area contributed by atoms with Gasteiger partial charge in [0.05, 0.1) is 23.8 Å². The summed E-state index contributed by atoms with van der Waals surface area (Å²) in [7, 11) is 0. The van der Waals surface area contributed by atoms with Gasteiger partial charge >= 0.3 is 0 Å². The van der Waals surface area contributed by atoms with Gasteiger partial charge < -0.3 is 5.73 Å². The van der Waals surface area contributed by atoms with E-state index in [4.69, 9.17) is 5.73 Å². The van der Waals surface area contributed by atoms with Gasteiger partial charge in [0, 0.05) is 12.7 Å². The van der Waals surface area contributed by atoms with Crippen LogP contribution in [0.1, 0.15) is 5.69 Å². The van der Waals surface area contributed by atoms with Gasteiger partial charge in [0.15, 0.2) is 0 Å². The maximum Gasteiger partial charge on any atom is 0.0697 e. The van der Waals surface area contributed by atoms with Gasteiger partial charge in [0.1, 0.15) is 0 Å². The summed E-state index contributed by atoms with van der Waals surface area (Å²) in [5.41, 5.74) is 7.23. The first-order chi connectivity index (χ1) is 6.40. The Morgan fingerprint density at radius 3 is 3.00 bits per heavy atom. The first-order valence-corrected chi connectivity index (χ1v) is 3.92. The van der Waals surface area contributed by atoms with Gasteiger partial charge in [-0.25, -0.2) is 4.68 Å². The highest BCUT2D eigenvalue weighted by molar-refractivity contribution is 5.30. The third-order valence-corrected chi connectivity index (χ3v) is 1.70. The predicted molar refractivity (Wildman–Crippen MR) is 47.0 cm³/mol. The predicted octanol–water partition coefficient (Wildman–Crippen LogP) is 0.121.